The molecule has 3 amide bonds. The van der Waals surface area contributed by atoms with Gasteiger partial charge >= 0.3 is 0 Å². The van der Waals surface area contributed by atoms with Crippen LogP contribution in [-0.2, 0) is 28.5 Å². The molecule has 246 valence electrons. The molecule has 1 spiro atoms. The summed E-state index contributed by atoms with van der Waals surface area (Å²) >= 11 is 7.64. The molecule has 1 fully saturated rings. The van der Waals surface area contributed by atoms with Crippen molar-refractivity contribution in [2.75, 3.05) is 23.7 Å². The van der Waals surface area contributed by atoms with E-state index in [1.165, 1.54) is 17.1 Å². The van der Waals surface area contributed by atoms with E-state index in [0.717, 1.165) is 64.8 Å². The van der Waals surface area contributed by atoms with Gasteiger partial charge in [-0.05, 0) is 116 Å². The van der Waals surface area contributed by atoms with Crippen LogP contribution in [0.15, 0.2) is 67.0 Å². The molecular weight excluding hydrogens is 644 g/mol. The molecule has 5 heterocycles. The van der Waals surface area contributed by atoms with Crippen LogP contribution in [-0.4, -0.2) is 49.6 Å². The van der Waals surface area contributed by atoms with E-state index < -0.39 is 5.41 Å². The Hall–Kier alpha value is -4.54. The van der Waals surface area contributed by atoms with Crippen LogP contribution in [0.5, 0.6) is 0 Å². The maximum atomic E-state index is 13.3. The van der Waals surface area contributed by atoms with Crippen LogP contribution < -0.4 is 10.6 Å². The van der Waals surface area contributed by atoms with Gasteiger partial charge in [-0.3, -0.25) is 19.4 Å². The van der Waals surface area contributed by atoms with Gasteiger partial charge in [-0.25, -0.2) is 0 Å². The number of benzene rings is 2. The molecule has 0 saturated carbocycles. The number of aromatic nitrogens is 3. The number of halogens is 1. The topological polar surface area (TPSA) is 109 Å². The first kappa shape index (κ1) is 32.0. The summed E-state index contributed by atoms with van der Waals surface area (Å²) < 4.78 is 6.44. The van der Waals surface area contributed by atoms with Crippen molar-refractivity contribution in [3.63, 3.8) is 0 Å². The second-order valence-electron chi connectivity index (χ2n) is 12.8. The van der Waals surface area contributed by atoms with Crippen molar-refractivity contribution in [3.8, 4) is 11.3 Å². The van der Waals surface area contributed by atoms with E-state index in [4.69, 9.17) is 11.6 Å². The van der Waals surface area contributed by atoms with Gasteiger partial charge in [-0.15, -0.1) is 0 Å². The Morgan fingerprint density at radius 1 is 1.06 bits per heavy atom. The molecule has 2 aliphatic rings. The van der Waals surface area contributed by atoms with Crippen molar-refractivity contribution < 1.29 is 14.4 Å². The fourth-order valence-corrected chi connectivity index (χ4v) is 8.15. The van der Waals surface area contributed by atoms with E-state index in [2.05, 4.69) is 43.7 Å². The third kappa shape index (κ3) is 5.99. The zero-order valence-electron chi connectivity index (χ0n) is 27.0. The number of hydrogen-bond acceptors (Lipinski definition) is 6. The lowest BCUT2D eigenvalue weighted by Crippen LogP contribution is -2.48. The predicted octanol–water partition coefficient (Wildman–Crippen LogP) is 7.53. The molecule has 2 N–H and O–H groups in total. The predicted molar refractivity (Wildman–Crippen MR) is 191 cm³/mol. The molecule has 0 unspecified atom stereocenters. The molecular formula is C37H37ClN6O3S. The van der Waals surface area contributed by atoms with Crippen LogP contribution in [0.1, 0.15) is 65.7 Å². The van der Waals surface area contributed by atoms with Gasteiger partial charge in [-0.2, -0.15) is 4.37 Å². The highest BCUT2D eigenvalue weighted by atomic mass is 35.5. The highest BCUT2D eigenvalue weighted by Crippen LogP contribution is 2.45. The number of pyridine rings is 1. The quantitative estimate of drug-likeness (QED) is 0.157. The minimum atomic E-state index is -0.739. The van der Waals surface area contributed by atoms with Crippen LogP contribution >= 0.6 is 23.1 Å². The Kier molecular flexibility index (Phi) is 8.78. The standard InChI is InChI=1S/C37H37ClN6O3S/c1-23-19-32(48-42-23)41-35(46)24-10-12-30-29(20-24)37(36(47)40-30)14-17-44(18-15-37)33(45)9-5-3-4-8-27-28-21-26(38)11-13-31(28)43(2)34(27)25-7-6-16-39-22-25/h6-7,10-13,16,19-22H,3-5,8-9,14-15,17-18H2,1-2H3,(H,40,47)(H,41,46). The van der Waals surface area contributed by atoms with Crippen molar-refractivity contribution in [3.05, 3.63) is 94.4 Å². The molecule has 11 heteroatoms. The van der Waals surface area contributed by atoms with Gasteiger partial charge in [0, 0.05) is 71.7 Å². The fourth-order valence-electron chi connectivity index (χ4n) is 7.33. The third-order valence-electron chi connectivity index (χ3n) is 9.83. The highest BCUT2D eigenvalue weighted by molar-refractivity contribution is 7.10. The number of piperidine rings is 1. The smallest absolute Gasteiger partial charge is 0.256 e. The number of aryl methyl sites for hydroxylation is 3. The summed E-state index contributed by atoms with van der Waals surface area (Å²) in [6.45, 7) is 2.89. The average molecular weight is 681 g/mol. The lowest BCUT2D eigenvalue weighted by Gasteiger charge is -2.38. The van der Waals surface area contributed by atoms with Gasteiger partial charge < -0.3 is 20.1 Å². The molecule has 2 aliphatic heterocycles. The van der Waals surface area contributed by atoms with Crippen LogP contribution in [0.4, 0.5) is 10.7 Å². The van der Waals surface area contributed by atoms with E-state index in [1.54, 1.807) is 18.3 Å². The van der Waals surface area contributed by atoms with Gasteiger partial charge in [0.1, 0.15) is 5.00 Å². The molecule has 2 aromatic carbocycles. The molecule has 3 aromatic heterocycles. The molecule has 9 nitrogen and oxygen atoms in total. The SMILES string of the molecule is Cc1cc(NC(=O)c2ccc3c(c2)C2(CCN(C(=O)CCCCCc4c(-c5cccnc5)n(C)c5ccc(Cl)cc45)CC2)C(=O)N3)sn1. The van der Waals surface area contributed by atoms with Crippen LogP contribution in [0, 0.1) is 6.92 Å². The van der Waals surface area contributed by atoms with E-state index in [1.807, 2.05) is 48.4 Å². The normalized spacial score (nSPS) is 15.1. The molecule has 1 saturated heterocycles. The first-order valence-corrected chi connectivity index (χ1v) is 17.5. The first-order valence-electron chi connectivity index (χ1n) is 16.4. The minimum absolute atomic E-state index is 0.0550. The third-order valence-corrected chi connectivity index (χ3v) is 10.9. The Balaban J connectivity index is 0.953. The summed E-state index contributed by atoms with van der Waals surface area (Å²) in [6.07, 6.45) is 8.76. The molecule has 48 heavy (non-hydrogen) atoms. The van der Waals surface area contributed by atoms with Gasteiger partial charge in [0.2, 0.25) is 11.8 Å². The lowest BCUT2D eigenvalue weighted by molar-refractivity contribution is -0.135. The van der Waals surface area contributed by atoms with Crippen molar-refractivity contribution >= 4 is 62.4 Å². The van der Waals surface area contributed by atoms with Gasteiger partial charge in [0.05, 0.1) is 16.8 Å². The number of rotatable bonds is 9. The molecule has 7 rings (SSSR count). The zero-order valence-corrected chi connectivity index (χ0v) is 28.6. The fraction of sp³-hybridized carbons (Fsp3) is 0.324. The van der Waals surface area contributed by atoms with Crippen molar-refractivity contribution in [1.82, 2.24) is 18.8 Å². The van der Waals surface area contributed by atoms with E-state index in [-0.39, 0.29) is 17.7 Å². The number of likely N-dealkylation sites (tertiary alicyclic amines) is 1. The van der Waals surface area contributed by atoms with Gasteiger partial charge in [0.25, 0.3) is 5.91 Å². The molecule has 0 bridgehead atoms. The van der Waals surface area contributed by atoms with Crippen LogP contribution in [0.3, 0.4) is 0 Å². The van der Waals surface area contributed by atoms with E-state index in [0.29, 0.717) is 47.9 Å². The second-order valence-corrected chi connectivity index (χ2v) is 14.1. The lowest BCUT2D eigenvalue weighted by atomic mass is 9.73. The summed E-state index contributed by atoms with van der Waals surface area (Å²) in [6, 6.07) is 17.3. The summed E-state index contributed by atoms with van der Waals surface area (Å²) in [5.74, 6) is -0.161. The number of hydrogen-bond donors (Lipinski definition) is 2. The number of fused-ring (bicyclic) bond motifs is 3. The Bertz CT molecular complexity index is 2030. The average Bonchev–Trinajstić information content (AvgIpc) is 3.71. The molecule has 0 atom stereocenters. The Morgan fingerprint density at radius 3 is 2.65 bits per heavy atom. The largest absolute Gasteiger partial charge is 0.343 e. The van der Waals surface area contributed by atoms with Crippen molar-refractivity contribution in [1.29, 1.82) is 0 Å². The minimum Gasteiger partial charge on any atom is -0.343 e. The summed E-state index contributed by atoms with van der Waals surface area (Å²) in [4.78, 5) is 45.8. The van der Waals surface area contributed by atoms with Gasteiger partial charge in [0.15, 0.2) is 0 Å². The number of carbonyl (C=O) groups is 3. The maximum Gasteiger partial charge on any atom is 0.256 e. The number of unbranched alkanes of at least 4 members (excludes halogenated alkanes) is 2. The molecule has 0 radical (unpaired) electrons. The number of amides is 3. The number of nitrogens with zero attached hydrogens (tertiary/aromatic N) is 4. The van der Waals surface area contributed by atoms with E-state index >= 15 is 0 Å². The molecule has 5 aromatic rings. The monoisotopic (exact) mass is 680 g/mol. The highest BCUT2D eigenvalue weighted by Gasteiger charge is 2.49. The maximum absolute atomic E-state index is 13.3. The van der Waals surface area contributed by atoms with Gasteiger partial charge in [-0.1, -0.05) is 18.0 Å². The first-order chi connectivity index (χ1) is 23.2. The van der Waals surface area contributed by atoms with Crippen LogP contribution in [0.2, 0.25) is 5.02 Å². The second kappa shape index (κ2) is 13.2. The summed E-state index contributed by atoms with van der Waals surface area (Å²) in [5.41, 5.74) is 6.80. The Morgan fingerprint density at radius 2 is 1.90 bits per heavy atom. The van der Waals surface area contributed by atoms with E-state index in [9.17, 15) is 14.4 Å². The van der Waals surface area contributed by atoms with Crippen molar-refractivity contribution in [2.24, 2.45) is 7.05 Å². The zero-order chi connectivity index (χ0) is 33.4. The summed E-state index contributed by atoms with van der Waals surface area (Å²) in [5, 5.41) is 8.47. The number of nitrogens with one attached hydrogen (secondary N) is 2. The number of anilines is 2. The van der Waals surface area contributed by atoms with Crippen LogP contribution in [0.25, 0.3) is 22.2 Å². The Labute approximate surface area is 288 Å². The number of carbonyl (C=O) groups excluding carboxylic acids is 3. The summed E-state index contributed by atoms with van der Waals surface area (Å²) in [7, 11) is 2.08. The van der Waals surface area contributed by atoms with Crippen molar-refractivity contribution in [2.45, 2.75) is 57.3 Å². The molecule has 0 aliphatic carbocycles.